The van der Waals surface area contributed by atoms with Crippen molar-refractivity contribution in [3.05, 3.63) is 12.7 Å². The Morgan fingerprint density at radius 2 is 1.90 bits per heavy atom. The van der Waals surface area contributed by atoms with Gasteiger partial charge in [-0.1, -0.05) is 19.9 Å². The molecule has 1 heterocycles. The maximum Gasteiger partial charge on any atom is 0.236 e. The molecule has 114 valence electrons. The van der Waals surface area contributed by atoms with Crippen molar-refractivity contribution in [3.8, 4) is 0 Å². The van der Waals surface area contributed by atoms with Gasteiger partial charge in [0.2, 0.25) is 11.8 Å². The number of carbonyl (C=O) groups is 2. The number of nitrogens with one attached hydrogen (secondary N) is 2. The summed E-state index contributed by atoms with van der Waals surface area (Å²) in [5.74, 6) is 0.139. The minimum absolute atomic E-state index is 0.00570. The smallest absolute Gasteiger partial charge is 0.236 e. The lowest BCUT2D eigenvalue weighted by atomic mass is 10.3. The van der Waals surface area contributed by atoms with Crippen molar-refractivity contribution in [2.45, 2.75) is 19.9 Å². The van der Waals surface area contributed by atoms with E-state index in [1.165, 1.54) is 0 Å². The summed E-state index contributed by atoms with van der Waals surface area (Å²) in [5.41, 5.74) is 0. The largest absolute Gasteiger partial charge is 0.352 e. The first kappa shape index (κ1) is 16.7. The van der Waals surface area contributed by atoms with Gasteiger partial charge in [0.1, 0.15) is 0 Å². The lowest BCUT2D eigenvalue weighted by Gasteiger charge is -2.34. The van der Waals surface area contributed by atoms with Crippen LogP contribution in [0.15, 0.2) is 12.7 Å². The predicted molar refractivity (Wildman–Crippen MR) is 79.4 cm³/mol. The van der Waals surface area contributed by atoms with E-state index in [-0.39, 0.29) is 11.8 Å². The van der Waals surface area contributed by atoms with Crippen LogP contribution in [0.4, 0.5) is 0 Å². The average Bonchev–Trinajstić information content (AvgIpc) is 2.43. The Morgan fingerprint density at radius 3 is 2.45 bits per heavy atom. The van der Waals surface area contributed by atoms with Crippen molar-refractivity contribution in [3.63, 3.8) is 0 Å². The second-order valence-electron chi connectivity index (χ2n) is 5.29. The Morgan fingerprint density at radius 1 is 1.25 bits per heavy atom. The molecule has 0 aromatic heterocycles. The van der Waals surface area contributed by atoms with Crippen molar-refractivity contribution in [1.29, 1.82) is 0 Å². The van der Waals surface area contributed by atoms with Crippen LogP contribution in [0, 0.1) is 0 Å². The monoisotopic (exact) mass is 282 g/mol. The molecule has 0 spiro atoms. The summed E-state index contributed by atoms with van der Waals surface area (Å²) >= 11 is 0. The minimum atomic E-state index is 0.00570. The van der Waals surface area contributed by atoms with Gasteiger partial charge in [0, 0.05) is 38.8 Å². The molecule has 1 aliphatic heterocycles. The molecule has 1 fully saturated rings. The second kappa shape index (κ2) is 8.71. The van der Waals surface area contributed by atoms with Crippen molar-refractivity contribution >= 4 is 11.8 Å². The lowest BCUT2D eigenvalue weighted by molar-refractivity contribution is -0.132. The van der Waals surface area contributed by atoms with Crippen LogP contribution in [0.1, 0.15) is 13.8 Å². The van der Waals surface area contributed by atoms with Crippen LogP contribution in [0.3, 0.4) is 0 Å². The van der Waals surface area contributed by atoms with Gasteiger partial charge in [0.25, 0.3) is 0 Å². The third-order valence-electron chi connectivity index (χ3n) is 3.20. The first-order chi connectivity index (χ1) is 9.52. The van der Waals surface area contributed by atoms with E-state index < -0.39 is 0 Å². The van der Waals surface area contributed by atoms with Crippen LogP contribution < -0.4 is 10.6 Å². The van der Waals surface area contributed by atoms with Gasteiger partial charge in [-0.05, 0) is 0 Å². The molecule has 20 heavy (non-hydrogen) atoms. The Balaban J connectivity index is 2.24. The Labute approximate surface area is 121 Å². The zero-order chi connectivity index (χ0) is 15.0. The zero-order valence-corrected chi connectivity index (χ0v) is 12.5. The number of piperazine rings is 1. The third-order valence-corrected chi connectivity index (χ3v) is 3.20. The SMILES string of the molecule is C=CCNC(=O)CN1CCN(C(=O)CNC(C)C)CC1. The highest BCUT2D eigenvalue weighted by Gasteiger charge is 2.21. The maximum atomic E-state index is 11.9. The fourth-order valence-corrected chi connectivity index (χ4v) is 2.00. The molecule has 0 saturated carbocycles. The van der Waals surface area contributed by atoms with E-state index in [1.54, 1.807) is 6.08 Å². The fourth-order valence-electron chi connectivity index (χ4n) is 2.00. The summed E-state index contributed by atoms with van der Waals surface area (Å²) < 4.78 is 0. The molecule has 1 rings (SSSR count). The van der Waals surface area contributed by atoms with Gasteiger partial charge in [-0.15, -0.1) is 6.58 Å². The van der Waals surface area contributed by atoms with Crippen molar-refractivity contribution < 1.29 is 9.59 Å². The number of hydrogen-bond acceptors (Lipinski definition) is 4. The first-order valence-corrected chi connectivity index (χ1v) is 7.14. The van der Waals surface area contributed by atoms with Gasteiger partial charge < -0.3 is 15.5 Å². The van der Waals surface area contributed by atoms with Gasteiger partial charge in [-0.25, -0.2) is 0 Å². The van der Waals surface area contributed by atoms with Gasteiger partial charge >= 0.3 is 0 Å². The van der Waals surface area contributed by atoms with E-state index in [0.29, 0.717) is 38.8 Å². The number of carbonyl (C=O) groups excluding carboxylic acids is 2. The number of nitrogens with zero attached hydrogens (tertiary/aromatic N) is 2. The van der Waals surface area contributed by atoms with Crippen LogP contribution in [0.5, 0.6) is 0 Å². The van der Waals surface area contributed by atoms with E-state index >= 15 is 0 Å². The highest BCUT2D eigenvalue weighted by Crippen LogP contribution is 2.01. The summed E-state index contributed by atoms with van der Waals surface area (Å²) in [6.45, 7) is 11.7. The molecular formula is C14H26N4O2. The van der Waals surface area contributed by atoms with Crippen molar-refractivity contribution in [1.82, 2.24) is 20.4 Å². The van der Waals surface area contributed by atoms with E-state index in [1.807, 2.05) is 18.7 Å². The van der Waals surface area contributed by atoms with E-state index in [4.69, 9.17) is 0 Å². The lowest BCUT2D eigenvalue weighted by Crippen LogP contribution is -2.53. The molecule has 0 aromatic carbocycles. The van der Waals surface area contributed by atoms with Crippen LogP contribution in [-0.4, -0.2) is 73.5 Å². The summed E-state index contributed by atoms with van der Waals surface area (Å²) in [6.07, 6.45) is 1.66. The summed E-state index contributed by atoms with van der Waals surface area (Å²) in [5, 5.41) is 5.89. The fraction of sp³-hybridized carbons (Fsp3) is 0.714. The Bertz CT molecular complexity index is 336. The molecule has 2 N–H and O–H groups in total. The topological polar surface area (TPSA) is 64.7 Å². The van der Waals surface area contributed by atoms with E-state index in [9.17, 15) is 9.59 Å². The molecule has 0 atom stereocenters. The molecule has 0 aromatic rings. The average molecular weight is 282 g/mol. The second-order valence-corrected chi connectivity index (χ2v) is 5.29. The first-order valence-electron chi connectivity index (χ1n) is 7.14. The molecule has 1 saturated heterocycles. The van der Waals surface area contributed by atoms with Gasteiger partial charge in [-0.2, -0.15) is 0 Å². The molecule has 0 radical (unpaired) electrons. The zero-order valence-electron chi connectivity index (χ0n) is 12.5. The van der Waals surface area contributed by atoms with Crippen LogP contribution in [-0.2, 0) is 9.59 Å². The van der Waals surface area contributed by atoms with Gasteiger partial charge in [0.05, 0.1) is 13.1 Å². The van der Waals surface area contributed by atoms with E-state index in [2.05, 4.69) is 22.1 Å². The maximum absolute atomic E-state index is 11.9. The van der Waals surface area contributed by atoms with Crippen LogP contribution >= 0.6 is 0 Å². The molecule has 2 amide bonds. The molecule has 1 aliphatic rings. The minimum Gasteiger partial charge on any atom is -0.352 e. The predicted octanol–water partition coefficient (Wildman–Crippen LogP) is -0.569. The van der Waals surface area contributed by atoms with Gasteiger partial charge in [0.15, 0.2) is 0 Å². The highest BCUT2D eigenvalue weighted by molar-refractivity contribution is 5.79. The molecule has 0 bridgehead atoms. The van der Waals surface area contributed by atoms with Crippen LogP contribution in [0.2, 0.25) is 0 Å². The van der Waals surface area contributed by atoms with Crippen molar-refractivity contribution in [2.24, 2.45) is 0 Å². The third kappa shape index (κ3) is 6.16. The van der Waals surface area contributed by atoms with Crippen molar-refractivity contribution in [2.75, 3.05) is 45.8 Å². The number of rotatable bonds is 7. The molecule has 0 unspecified atom stereocenters. The van der Waals surface area contributed by atoms with E-state index in [0.717, 1.165) is 13.1 Å². The molecule has 6 heteroatoms. The Kier molecular flexibility index (Phi) is 7.25. The summed E-state index contributed by atoms with van der Waals surface area (Å²) in [6, 6.07) is 0.314. The summed E-state index contributed by atoms with van der Waals surface area (Å²) in [4.78, 5) is 27.4. The number of hydrogen-bond donors (Lipinski definition) is 2. The summed E-state index contributed by atoms with van der Waals surface area (Å²) in [7, 11) is 0. The number of amides is 2. The normalized spacial score (nSPS) is 16.2. The Hall–Kier alpha value is -1.40. The molecule has 6 nitrogen and oxygen atoms in total. The molecular weight excluding hydrogens is 256 g/mol. The van der Waals surface area contributed by atoms with Gasteiger partial charge in [-0.3, -0.25) is 14.5 Å². The quantitative estimate of drug-likeness (QED) is 0.614. The molecule has 0 aliphatic carbocycles. The standard InChI is InChI=1S/C14H26N4O2/c1-4-5-15-13(19)11-17-6-8-18(9-7-17)14(20)10-16-12(2)3/h4,12,16H,1,5-11H2,2-3H3,(H,15,19). The highest BCUT2D eigenvalue weighted by atomic mass is 16.2. The van der Waals surface area contributed by atoms with Crippen LogP contribution in [0.25, 0.3) is 0 Å².